The van der Waals surface area contributed by atoms with Crippen LogP contribution in [-0.4, -0.2) is 8.90 Å². The molecule has 0 rings (SSSR count). The summed E-state index contributed by atoms with van der Waals surface area (Å²) in [5.41, 5.74) is 0. The molecule has 0 fully saturated rings. The number of thiocarbonyl (C=S) groups is 1. The summed E-state index contributed by atoms with van der Waals surface area (Å²) >= 11 is 9.53. The molecule has 0 unspecified atom stereocenters. The average molecular weight is 138 g/mol. The molecule has 0 nitrogen and oxygen atoms in total. The largest absolute Gasteiger partial charge is 0.157 e. The molecule has 0 aliphatic carbocycles. The van der Waals surface area contributed by atoms with E-state index in [4.69, 9.17) is 0 Å². The molecule has 0 aromatic carbocycles. The number of rotatable bonds is 0. The van der Waals surface area contributed by atoms with Crippen LogP contribution in [0.25, 0.3) is 0 Å². The second kappa shape index (κ2) is 3.84. The fourth-order valence-corrected chi connectivity index (χ4v) is 0.994. The average Bonchev–Trinajstić information content (AvgIpc) is 1.35. The van der Waals surface area contributed by atoms with Crippen LogP contribution < -0.4 is 0 Å². The van der Waals surface area contributed by atoms with Crippen molar-refractivity contribution in [1.82, 2.24) is 0 Å². The molecule has 6 heavy (non-hydrogen) atoms. The zero-order valence-electron chi connectivity index (χ0n) is 3.38. The van der Waals surface area contributed by atoms with Gasteiger partial charge in [-0.15, -0.1) is 12.6 Å². The number of thiol groups is 2. The highest BCUT2D eigenvalue weighted by atomic mass is 32.2. The Morgan fingerprint density at radius 3 is 2.50 bits per heavy atom. The Labute approximate surface area is 52.3 Å². The number of hydrogen-bond acceptors (Lipinski definition) is 1. The molecule has 0 aliphatic heterocycles. The van der Waals surface area contributed by atoms with E-state index in [0.29, 0.717) is 0 Å². The molecule has 36 valence electrons. The van der Waals surface area contributed by atoms with Crippen LogP contribution in [0.1, 0.15) is 6.92 Å². The third kappa shape index (κ3) is 4.66. The van der Waals surface area contributed by atoms with E-state index in [1.807, 2.05) is 12.3 Å². The lowest BCUT2D eigenvalue weighted by atomic mass is 11.0. The van der Waals surface area contributed by atoms with Crippen LogP contribution in [0.15, 0.2) is 0 Å². The van der Waals surface area contributed by atoms with Crippen molar-refractivity contribution >= 4 is 45.1 Å². The van der Waals surface area contributed by atoms with Gasteiger partial charge in [-0.1, -0.05) is 17.6 Å². The Kier molecular flexibility index (Phi) is 4.26. The molecule has 0 saturated carbocycles. The predicted octanol–water partition coefficient (Wildman–Crippen LogP) is 1.49. The van der Waals surface area contributed by atoms with Crippen molar-refractivity contribution in [2.24, 2.45) is 0 Å². The van der Waals surface area contributed by atoms with Gasteiger partial charge >= 0.3 is 0 Å². The van der Waals surface area contributed by atoms with Gasteiger partial charge in [-0.3, -0.25) is 0 Å². The molecule has 3 heteroatoms. The summed E-state index contributed by atoms with van der Waals surface area (Å²) < 4.78 is 0.734. The van der Waals surface area contributed by atoms with Crippen LogP contribution in [0.2, 0.25) is 0 Å². The van der Waals surface area contributed by atoms with Crippen LogP contribution in [0, 0.1) is 0 Å². The third-order valence-corrected chi connectivity index (χ3v) is 1.38. The summed E-state index contributed by atoms with van der Waals surface area (Å²) in [5, 5.41) is 1.95. The molecule has 0 aliphatic rings. The predicted molar refractivity (Wildman–Crippen MR) is 42.3 cm³/mol. The van der Waals surface area contributed by atoms with Gasteiger partial charge in [0.2, 0.25) is 0 Å². The van der Waals surface area contributed by atoms with E-state index in [9.17, 15) is 0 Å². The van der Waals surface area contributed by atoms with Crippen molar-refractivity contribution in [2.45, 2.75) is 6.92 Å². The van der Waals surface area contributed by atoms with Gasteiger partial charge in [0, 0.05) is 0 Å². The van der Waals surface area contributed by atoms with Crippen molar-refractivity contribution in [3.8, 4) is 0 Å². The minimum atomic E-state index is 0.734. The van der Waals surface area contributed by atoms with Gasteiger partial charge in [0.1, 0.15) is 0 Å². The van der Waals surface area contributed by atoms with E-state index in [2.05, 4.69) is 24.8 Å². The maximum absolute atomic E-state index is 4.62. The molecule has 0 aromatic rings. The first-order valence-corrected chi connectivity index (χ1v) is 3.31. The molecule has 0 aromatic heterocycles. The van der Waals surface area contributed by atoms with Crippen molar-refractivity contribution in [3.05, 3.63) is 0 Å². The van der Waals surface area contributed by atoms with Crippen molar-refractivity contribution in [3.63, 3.8) is 0 Å². The van der Waals surface area contributed by atoms with E-state index in [-0.39, 0.29) is 0 Å². The van der Waals surface area contributed by atoms with Crippen LogP contribution in [0.5, 0.6) is 0 Å². The fraction of sp³-hybridized carbons (Fsp3) is 0.333. The summed E-state index contributed by atoms with van der Waals surface area (Å²) in [4.78, 5) is 0. The van der Waals surface area contributed by atoms with Crippen molar-refractivity contribution in [1.29, 1.82) is 0 Å². The Morgan fingerprint density at radius 1 is 2.00 bits per heavy atom. The summed E-state index contributed by atoms with van der Waals surface area (Å²) in [6.45, 7) is 1.95. The van der Waals surface area contributed by atoms with E-state index < -0.39 is 0 Å². The van der Waals surface area contributed by atoms with Crippen molar-refractivity contribution in [2.75, 3.05) is 0 Å². The Morgan fingerprint density at radius 2 is 2.50 bits per heavy atom. The highest BCUT2D eigenvalue weighted by molar-refractivity contribution is 8.40. The zero-order chi connectivity index (χ0) is 4.99. The van der Waals surface area contributed by atoms with E-state index in [1.165, 1.54) is 0 Å². The molecule has 0 saturated heterocycles. The Hall–Kier alpha value is 0.660. The summed E-state index contributed by atoms with van der Waals surface area (Å²) in [6.07, 6.45) is 0. The van der Waals surface area contributed by atoms with Gasteiger partial charge in [-0.25, -0.2) is 0 Å². The highest BCUT2D eigenvalue weighted by Gasteiger charge is 1.67. The van der Waals surface area contributed by atoms with Gasteiger partial charge in [0.15, 0.2) is 0 Å². The summed E-state index contributed by atoms with van der Waals surface area (Å²) in [7, 11) is 0. The first-order chi connectivity index (χ1) is 2.77. The smallest absolute Gasteiger partial charge is 0.0922 e. The maximum Gasteiger partial charge on any atom is 0.0922 e. The molecule has 0 spiro atoms. The molecule has 0 amide bonds. The zero-order valence-corrected chi connectivity index (χ0v) is 5.99. The fourth-order valence-electron chi connectivity index (χ4n) is 0.110. The molecular weight excluding hydrogens is 132 g/mol. The molecular formula is C3H6S3. The first kappa shape index (κ1) is 6.66. The first-order valence-electron chi connectivity index (χ1n) is 1.49. The Balaban J connectivity index is 3.30. The lowest BCUT2D eigenvalue weighted by molar-refractivity contribution is 2.14. The van der Waals surface area contributed by atoms with Gasteiger partial charge in [-0.2, -0.15) is 11.4 Å². The van der Waals surface area contributed by atoms with Crippen LogP contribution in [0.4, 0.5) is 0 Å². The molecule has 0 radical (unpaired) electrons. The molecule has 0 heterocycles. The second-order valence-corrected chi connectivity index (χ2v) is 3.71. The highest BCUT2D eigenvalue weighted by Crippen LogP contribution is 1.93. The minimum absolute atomic E-state index is 0.734. The summed E-state index contributed by atoms with van der Waals surface area (Å²) in [5.74, 6) is 0. The summed E-state index contributed by atoms with van der Waals surface area (Å²) in [6, 6.07) is 0. The standard InChI is InChI=1S/C3H6S3/c1-2-6-3(4)5/h2,6H,1H3,(H,4,5). The van der Waals surface area contributed by atoms with Gasteiger partial charge in [0.05, 0.1) is 3.53 Å². The van der Waals surface area contributed by atoms with E-state index >= 15 is 0 Å². The van der Waals surface area contributed by atoms with Gasteiger partial charge < -0.3 is 0 Å². The molecule has 0 atom stereocenters. The van der Waals surface area contributed by atoms with E-state index in [0.717, 1.165) is 14.9 Å². The lowest BCUT2D eigenvalue weighted by Gasteiger charge is -1.73. The van der Waals surface area contributed by atoms with Crippen LogP contribution >= 0.6 is 36.2 Å². The number of hydrogen-bond donors (Lipinski definition) is 2. The quantitative estimate of drug-likeness (QED) is 0.378. The molecule has 0 bridgehead atoms. The lowest BCUT2D eigenvalue weighted by Crippen LogP contribution is -1.59. The van der Waals surface area contributed by atoms with Crippen LogP contribution in [-0.2, 0) is 0 Å². The third-order valence-electron chi connectivity index (χ3n) is 0.240. The molecule has 0 N–H and O–H groups in total. The SMILES string of the molecule is CC=[SH]C(=S)S. The minimum Gasteiger partial charge on any atom is -0.157 e. The van der Waals surface area contributed by atoms with Gasteiger partial charge in [0.25, 0.3) is 0 Å². The Bertz CT molecular complexity index is 74.1. The topological polar surface area (TPSA) is 0 Å². The van der Waals surface area contributed by atoms with Gasteiger partial charge in [-0.05, 0) is 6.92 Å². The van der Waals surface area contributed by atoms with E-state index in [1.54, 1.807) is 0 Å². The second-order valence-electron chi connectivity index (χ2n) is 0.670. The normalized spacial score (nSPS) is 11.0. The van der Waals surface area contributed by atoms with Crippen molar-refractivity contribution < 1.29 is 0 Å². The maximum atomic E-state index is 4.62. The monoisotopic (exact) mass is 138 g/mol. The van der Waals surface area contributed by atoms with Crippen LogP contribution in [0.3, 0.4) is 0 Å².